The summed E-state index contributed by atoms with van der Waals surface area (Å²) >= 11 is 0. The van der Waals surface area contributed by atoms with Gasteiger partial charge in [-0.3, -0.25) is 4.79 Å². The van der Waals surface area contributed by atoms with Gasteiger partial charge in [0.25, 0.3) is 8.32 Å². The van der Waals surface area contributed by atoms with Crippen molar-refractivity contribution in [1.82, 2.24) is 0 Å². The molecule has 2 aliphatic heterocycles. The van der Waals surface area contributed by atoms with E-state index < -0.39 is 8.32 Å². The third kappa shape index (κ3) is 6.82. The van der Waals surface area contributed by atoms with Gasteiger partial charge in [0, 0.05) is 45.3 Å². The zero-order valence-electron chi connectivity index (χ0n) is 22.9. The van der Waals surface area contributed by atoms with E-state index in [4.69, 9.17) is 18.6 Å². The van der Waals surface area contributed by atoms with Crippen LogP contribution in [0.5, 0.6) is 0 Å². The Kier molecular flexibility index (Phi) is 9.23. The SMILES string of the molecule is CC(=O)O[C@H]1C[C@@H](CCO[Si](c2ccccc2)(c2ccccc2)C(C)(C)C)O[C@@H](C[C@@H]2CC=CC(=O)O2)C1. The van der Waals surface area contributed by atoms with Crippen molar-refractivity contribution in [3.63, 3.8) is 0 Å². The standard InChI is InChI=1S/C31H40O6Si/c1-23(32)35-26-21-25(36-27(22-26)20-24-12-11-17-30(33)37-24)18-19-34-38(31(2,3)4,28-13-7-5-8-14-28)29-15-9-6-10-16-29/h5-11,13-17,24-27H,12,18-22H2,1-4H3/t24-,25+,26-,27-/m0/s1. The Labute approximate surface area is 227 Å². The van der Waals surface area contributed by atoms with Gasteiger partial charge in [0.05, 0.1) is 12.2 Å². The Hall–Kier alpha value is -2.74. The van der Waals surface area contributed by atoms with E-state index in [2.05, 4.69) is 69.3 Å². The largest absolute Gasteiger partial charge is 0.462 e. The average molecular weight is 537 g/mol. The van der Waals surface area contributed by atoms with Crippen LogP contribution < -0.4 is 10.4 Å². The van der Waals surface area contributed by atoms with Gasteiger partial charge >= 0.3 is 11.9 Å². The van der Waals surface area contributed by atoms with Crippen LogP contribution in [0.2, 0.25) is 5.04 Å². The summed E-state index contributed by atoms with van der Waals surface area (Å²) in [4.78, 5) is 23.5. The molecule has 1 fully saturated rings. The van der Waals surface area contributed by atoms with Crippen LogP contribution in [0.15, 0.2) is 72.8 Å². The molecule has 0 spiro atoms. The average Bonchev–Trinajstić information content (AvgIpc) is 2.86. The highest BCUT2D eigenvalue weighted by Crippen LogP contribution is 2.37. The van der Waals surface area contributed by atoms with Gasteiger partial charge in [-0.2, -0.15) is 0 Å². The molecule has 204 valence electrons. The van der Waals surface area contributed by atoms with Crippen molar-refractivity contribution in [2.75, 3.05) is 6.61 Å². The molecule has 2 aromatic carbocycles. The van der Waals surface area contributed by atoms with Crippen molar-refractivity contribution in [3.8, 4) is 0 Å². The number of hydrogen-bond acceptors (Lipinski definition) is 6. The van der Waals surface area contributed by atoms with E-state index in [0.29, 0.717) is 38.7 Å². The van der Waals surface area contributed by atoms with Crippen LogP contribution in [0, 0.1) is 0 Å². The molecule has 0 radical (unpaired) electrons. The lowest BCUT2D eigenvalue weighted by molar-refractivity contribution is -0.164. The van der Waals surface area contributed by atoms with Crippen LogP contribution in [-0.2, 0) is 28.2 Å². The highest BCUT2D eigenvalue weighted by Gasteiger charge is 2.50. The number of cyclic esters (lactones) is 1. The molecule has 0 N–H and O–H groups in total. The van der Waals surface area contributed by atoms with Crippen molar-refractivity contribution in [3.05, 3.63) is 72.8 Å². The first kappa shape index (κ1) is 28.3. The lowest BCUT2D eigenvalue weighted by atomic mass is 9.94. The van der Waals surface area contributed by atoms with Gasteiger partial charge in [-0.15, -0.1) is 0 Å². The molecule has 38 heavy (non-hydrogen) atoms. The summed E-state index contributed by atoms with van der Waals surface area (Å²) in [5.74, 6) is -0.603. The lowest BCUT2D eigenvalue weighted by Crippen LogP contribution is -2.66. The monoisotopic (exact) mass is 536 g/mol. The maximum Gasteiger partial charge on any atom is 0.330 e. The van der Waals surface area contributed by atoms with Gasteiger partial charge in [0.1, 0.15) is 12.2 Å². The van der Waals surface area contributed by atoms with Crippen LogP contribution in [-0.4, -0.2) is 51.3 Å². The summed E-state index contributed by atoms with van der Waals surface area (Å²) in [5, 5.41) is 2.38. The fourth-order valence-corrected chi connectivity index (χ4v) is 10.4. The van der Waals surface area contributed by atoms with E-state index in [-0.39, 0.29) is 41.4 Å². The third-order valence-electron chi connectivity index (χ3n) is 7.41. The highest BCUT2D eigenvalue weighted by molar-refractivity contribution is 6.99. The number of hydrogen-bond donors (Lipinski definition) is 0. The molecule has 2 aromatic rings. The predicted octanol–water partition coefficient (Wildman–Crippen LogP) is 4.69. The minimum absolute atomic E-state index is 0.107. The summed E-state index contributed by atoms with van der Waals surface area (Å²) in [5.41, 5.74) is 0. The molecular weight excluding hydrogens is 496 g/mol. The number of carbonyl (C=O) groups is 2. The fourth-order valence-electron chi connectivity index (χ4n) is 5.84. The van der Waals surface area contributed by atoms with Crippen LogP contribution in [0.1, 0.15) is 59.8 Å². The van der Waals surface area contributed by atoms with E-state index in [1.807, 2.05) is 18.2 Å². The van der Waals surface area contributed by atoms with E-state index in [1.165, 1.54) is 23.4 Å². The van der Waals surface area contributed by atoms with Crippen molar-refractivity contribution >= 4 is 30.6 Å². The van der Waals surface area contributed by atoms with Crippen molar-refractivity contribution in [2.45, 2.75) is 89.3 Å². The quantitative estimate of drug-likeness (QED) is 0.342. The molecule has 0 amide bonds. The van der Waals surface area contributed by atoms with Gasteiger partial charge in [0.2, 0.25) is 0 Å². The normalized spacial score (nSPS) is 24.1. The first-order chi connectivity index (χ1) is 18.2. The fraction of sp³-hybridized carbons (Fsp3) is 0.484. The number of carbonyl (C=O) groups excluding carboxylic acids is 2. The molecule has 0 bridgehead atoms. The molecule has 0 unspecified atom stereocenters. The summed E-state index contributed by atoms with van der Waals surface area (Å²) in [6.07, 6.45) is 5.76. The van der Waals surface area contributed by atoms with Gasteiger partial charge in [-0.05, 0) is 21.8 Å². The molecule has 1 saturated heterocycles. The van der Waals surface area contributed by atoms with E-state index >= 15 is 0 Å². The number of rotatable bonds is 9. The van der Waals surface area contributed by atoms with E-state index in [0.717, 1.165) is 0 Å². The first-order valence-corrected chi connectivity index (χ1v) is 15.5. The molecule has 0 saturated carbocycles. The van der Waals surface area contributed by atoms with Gasteiger partial charge in [-0.1, -0.05) is 87.5 Å². The molecule has 2 aliphatic rings. The lowest BCUT2D eigenvalue weighted by Gasteiger charge is -2.43. The minimum atomic E-state index is -2.64. The van der Waals surface area contributed by atoms with Gasteiger partial charge < -0.3 is 18.6 Å². The third-order valence-corrected chi connectivity index (χ3v) is 12.4. The van der Waals surface area contributed by atoms with Crippen molar-refractivity contribution < 1.29 is 28.2 Å². The smallest absolute Gasteiger partial charge is 0.330 e. The number of ether oxygens (including phenoxy) is 3. The van der Waals surface area contributed by atoms with Gasteiger partial charge in [-0.25, -0.2) is 4.79 Å². The Morgan fingerprint density at radius 1 is 0.947 bits per heavy atom. The molecule has 6 nitrogen and oxygen atoms in total. The molecule has 0 aliphatic carbocycles. The van der Waals surface area contributed by atoms with Crippen LogP contribution in [0.25, 0.3) is 0 Å². The maximum absolute atomic E-state index is 11.8. The zero-order chi connectivity index (χ0) is 27.2. The van der Waals surface area contributed by atoms with E-state index in [9.17, 15) is 9.59 Å². The number of benzene rings is 2. The second-order valence-electron chi connectivity index (χ2n) is 11.3. The molecule has 4 atom stereocenters. The molecular formula is C31H40O6Si. The van der Waals surface area contributed by atoms with E-state index in [1.54, 1.807) is 0 Å². The molecule has 0 aromatic heterocycles. The highest BCUT2D eigenvalue weighted by atomic mass is 28.4. The topological polar surface area (TPSA) is 71.1 Å². The van der Waals surface area contributed by atoms with Crippen LogP contribution >= 0.6 is 0 Å². The van der Waals surface area contributed by atoms with Crippen LogP contribution in [0.4, 0.5) is 0 Å². The minimum Gasteiger partial charge on any atom is -0.462 e. The second-order valence-corrected chi connectivity index (χ2v) is 15.6. The summed E-state index contributed by atoms with van der Waals surface area (Å²) in [6, 6.07) is 21.2. The van der Waals surface area contributed by atoms with Crippen molar-refractivity contribution in [2.24, 2.45) is 0 Å². The second kappa shape index (κ2) is 12.4. The Balaban J connectivity index is 1.51. The first-order valence-electron chi connectivity index (χ1n) is 13.6. The summed E-state index contributed by atoms with van der Waals surface area (Å²) in [7, 11) is -2.64. The molecule has 7 heteroatoms. The zero-order valence-corrected chi connectivity index (χ0v) is 23.9. The molecule has 2 heterocycles. The Bertz CT molecular complexity index is 1050. The van der Waals surface area contributed by atoms with Crippen LogP contribution in [0.3, 0.4) is 0 Å². The van der Waals surface area contributed by atoms with Gasteiger partial charge in [0.15, 0.2) is 0 Å². The summed E-state index contributed by atoms with van der Waals surface area (Å²) in [6.45, 7) is 8.77. The molecule has 4 rings (SSSR count). The Morgan fingerprint density at radius 2 is 1.55 bits per heavy atom. The maximum atomic E-state index is 11.8. The van der Waals surface area contributed by atoms with Crippen molar-refractivity contribution in [1.29, 1.82) is 0 Å². The predicted molar refractivity (Wildman–Crippen MR) is 150 cm³/mol. The number of esters is 2. The Morgan fingerprint density at radius 3 is 2.11 bits per heavy atom. The summed E-state index contributed by atoms with van der Waals surface area (Å²) < 4.78 is 24.6.